The summed E-state index contributed by atoms with van der Waals surface area (Å²) in [6.45, 7) is 1.48. The number of hydrogen-bond donors (Lipinski definition) is 2. The minimum atomic E-state index is -0.987. The number of nitrogens with one attached hydrogen (secondary N) is 1. The molecule has 5 heteroatoms. The van der Waals surface area contributed by atoms with E-state index < -0.39 is 12.0 Å². The second-order valence-electron chi connectivity index (χ2n) is 3.42. The van der Waals surface area contributed by atoms with E-state index in [-0.39, 0.29) is 11.2 Å². The fourth-order valence-corrected chi connectivity index (χ4v) is 2.52. The van der Waals surface area contributed by atoms with Crippen LogP contribution in [0.5, 0.6) is 0 Å². The summed E-state index contributed by atoms with van der Waals surface area (Å²) >= 11 is 1.62. The van der Waals surface area contributed by atoms with Crippen molar-refractivity contribution >= 4 is 23.6 Å². The van der Waals surface area contributed by atoms with Gasteiger partial charge in [0.1, 0.15) is 6.04 Å². The lowest BCUT2D eigenvalue weighted by Gasteiger charge is -2.21. The number of aliphatic carboxylic acids is 1. The molecule has 0 saturated carbocycles. The zero-order valence-electron chi connectivity index (χ0n) is 8.16. The zero-order chi connectivity index (χ0) is 10.6. The molecule has 0 aliphatic carbocycles. The topological polar surface area (TPSA) is 66.4 Å². The predicted octanol–water partition coefficient (Wildman–Crippen LogP) is 0.861. The molecule has 1 rings (SSSR count). The van der Waals surface area contributed by atoms with Crippen LogP contribution in [0.3, 0.4) is 0 Å². The lowest BCUT2D eigenvalue weighted by Crippen LogP contribution is -2.43. The lowest BCUT2D eigenvalue weighted by molar-refractivity contribution is -0.141. The van der Waals surface area contributed by atoms with Crippen molar-refractivity contribution in [2.75, 3.05) is 5.75 Å². The number of rotatable bonds is 3. The molecule has 4 nitrogen and oxygen atoms in total. The van der Waals surface area contributed by atoms with Gasteiger partial charge < -0.3 is 10.4 Å². The summed E-state index contributed by atoms with van der Waals surface area (Å²) < 4.78 is 0. The molecule has 0 aromatic heterocycles. The van der Waals surface area contributed by atoms with Gasteiger partial charge in [0, 0.05) is 0 Å². The highest BCUT2D eigenvalue weighted by molar-refractivity contribution is 8.00. The Hall–Kier alpha value is -0.710. The van der Waals surface area contributed by atoms with Crippen molar-refractivity contribution in [3.63, 3.8) is 0 Å². The van der Waals surface area contributed by atoms with Crippen LogP contribution < -0.4 is 5.32 Å². The number of hydrogen-bond acceptors (Lipinski definition) is 3. The van der Waals surface area contributed by atoms with Crippen LogP contribution in [-0.4, -0.2) is 34.0 Å². The summed E-state index contributed by atoms with van der Waals surface area (Å²) in [5.41, 5.74) is 0. The normalized spacial score (nSPS) is 23.9. The number of carboxylic acids is 1. The summed E-state index contributed by atoms with van der Waals surface area (Å²) in [5, 5.41) is 11.0. The first-order chi connectivity index (χ1) is 6.61. The fourth-order valence-electron chi connectivity index (χ4n) is 1.32. The fraction of sp³-hybridized carbons (Fsp3) is 0.778. The molecule has 0 spiro atoms. The molecule has 1 aliphatic heterocycles. The maximum absolute atomic E-state index is 11.5. The number of amides is 1. The van der Waals surface area contributed by atoms with Gasteiger partial charge in [-0.15, -0.1) is 11.8 Å². The molecule has 1 heterocycles. The summed E-state index contributed by atoms with van der Waals surface area (Å²) in [7, 11) is 0. The first-order valence-electron chi connectivity index (χ1n) is 4.76. The Morgan fingerprint density at radius 3 is 2.71 bits per heavy atom. The van der Waals surface area contributed by atoms with Crippen LogP contribution in [0.4, 0.5) is 0 Å². The van der Waals surface area contributed by atoms with E-state index in [1.54, 1.807) is 11.8 Å². The summed E-state index contributed by atoms with van der Waals surface area (Å²) in [4.78, 5) is 22.0. The van der Waals surface area contributed by atoms with Crippen molar-refractivity contribution in [2.45, 2.75) is 37.5 Å². The van der Waals surface area contributed by atoms with Crippen LogP contribution in [0.15, 0.2) is 0 Å². The largest absolute Gasteiger partial charge is 0.480 e. The zero-order valence-corrected chi connectivity index (χ0v) is 8.97. The molecule has 1 fully saturated rings. The van der Waals surface area contributed by atoms with Gasteiger partial charge in [-0.2, -0.15) is 0 Å². The van der Waals surface area contributed by atoms with Crippen LogP contribution in [0, 0.1) is 0 Å². The number of carbonyl (C=O) groups excluding carboxylic acids is 1. The molecule has 2 N–H and O–H groups in total. The molecule has 0 aromatic carbocycles. The van der Waals surface area contributed by atoms with Gasteiger partial charge in [0.2, 0.25) is 5.91 Å². The van der Waals surface area contributed by atoms with E-state index in [0.717, 1.165) is 25.0 Å². The average molecular weight is 217 g/mol. The van der Waals surface area contributed by atoms with Crippen LogP contribution in [0.1, 0.15) is 26.2 Å². The smallest absolute Gasteiger partial charge is 0.325 e. The van der Waals surface area contributed by atoms with Crippen molar-refractivity contribution in [2.24, 2.45) is 0 Å². The van der Waals surface area contributed by atoms with Crippen molar-refractivity contribution < 1.29 is 14.7 Å². The monoisotopic (exact) mass is 217 g/mol. The third-order valence-corrected chi connectivity index (χ3v) is 3.58. The Bertz CT molecular complexity index is 226. The lowest BCUT2D eigenvalue weighted by atomic mass is 10.1. The van der Waals surface area contributed by atoms with Crippen LogP contribution in [0.2, 0.25) is 0 Å². The van der Waals surface area contributed by atoms with E-state index in [2.05, 4.69) is 5.32 Å². The molecule has 1 unspecified atom stereocenters. The molecule has 2 atom stereocenters. The average Bonchev–Trinajstić information content (AvgIpc) is 2.19. The maximum Gasteiger partial charge on any atom is 0.325 e. The van der Waals surface area contributed by atoms with Gasteiger partial charge in [-0.25, -0.2) is 0 Å². The Morgan fingerprint density at radius 1 is 1.50 bits per heavy atom. The third-order valence-electron chi connectivity index (χ3n) is 2.20. The SMILES string of the molecule is C[C@H](NC(=O)C1CCCCS1)C(=O)O. The second kappa shape index (κ2) is 5.24. The van der Waals surface area contributed by atoms with Gasteiger partial charge >= 0.3 is 5.97 Å². The van der Waals surface area contributed by atoms with Crippen LogP contribution >= 0.6 is 11.8 Å². The Kier molecular flexibility index (Phi) is 4.25. The van der Waals surface area contributed by atoms with Gasteiger partial charge in [0.25, 0.3) is 0 Å². The highest BCUT2D eigenvalue weighted by atomic mass is 32.2. The summed E-state index contributed by atoms with van der Waals surface area (Å²) in [6.07, 6.45) is 3.08. The molecule has 0 bridgehead atoms. The van der Waals surface area contributed by atoms with E-state index >= 15 is 0 Å². The van der Waals surface area contributed by atoms with Crippen molar-refractivity contribution in [3.05, 3.63) is 0 Å². The summed E-state index contributed by atoms with van der Waals surface area (Å²) in [5.74, 6) is -0.122. The van der Waals surface area contributed by atoms with Crippen molar-refractivity contribution in [1.82, 2.24) is 5.32 Å². The second-order valence-corrected chi connectivity index (χ2v) is 4.73. The Morgan fingerprint density at radius 2 is 2.21 bits per heavy atom. The minimum Gasteiger partial charge on any atom is -0.480 e. The number of thioether (sulfide) groups is 1. The molecule has 1 amide bonds. The number of carbonyl (C=O) groups is 2. The minimum absolute atomic E-state index is 0.0504. The van der Waals surface area contributed by atoms with Gasteiger partial charge in [0.15, 0.2) is 0 Å². The number of carboxylic acid groups (broad SMARTS) is 1. The molecule has 80 valence electrons. The van der Waals surface area contributed by atoms with E-state index in [1.807, 2.05) is 0 Å². The molecule has 14 heavy (non-hydrogen) atoms. The molecule has 1 aliphatic rings. The van der Waals surface area contributed by atoms with Crippen LogP contribution in [0.25, 0.3) is 0 Å². The van der Waals surface area contributed by atoms with Gasteiger partial charge in [-0.05, 0) is 25.5 Å². The molecular formula is C9H15NO3S. The van der Waals surface area contributed by atoms with E-state index in [9.17, 15) is 9.59 Å². The van der Waals surface area contributed by atoms with Crippen molar-refractivity contribution in [3.8, 4) is 0 Å². The van der Waals surface area contributed by atoms with E-state index in [1.165, 1.54) is 6.92 Å². The quantitative estimate of drug-likeness (QED) is 0.736. The molecule has 0 radical (unpaired) electrons. The first kappa shape index (κ1) is 11.4. The van der Waals surface area contributed by atoms with E-state index in [0.29, 0.717) is 0 Å². The molecule has 0 aromatic rings. The third kappa shape index (κ3) is 3.21. The van der Waals surface area contributed by atoms with Gasteiger partial charge in [-0.1, -0.05) is 6.42 Å². The Balaban J connectivity index is 2.36. The Labute approximate surface area is 87.4 Å². The maximum atomic E-state index is 11.5. The van der Waals surface area contributed by atoms with E-state index in [4.69, 9.17) is 5.11 Å². The predicted molar refractivity (Wildman–Crippen MR) is 55.3 cm³/mol. The molecular weight excluding hydrogens is 202 g/mol. The molecule has 1 saturated heterocycles. The highest BCUT2D eigenvalue weighted by Gasteiger charge is 2.24. The van der Waals surface area contributed by atoms with Crippen LogP contribution in [-0.2, 0) is 9.59 Å². The van der Waals surface area contributed by atoms with Gasteiger partial charge in [-0.3, -0.25) is 9.59 Å². The van der Waals surface area contributed by atoms with Gasteiger partial charge in [0.05, 0.1) is 5.25 Å². The first-order valence-corrected chi connectivity index (χ1v) is 5.81. The van der Waals surface area contributed by atoms with Crippen molar-refractivity contribution in [1.29, 1.82) is 0 Å². The highest BCUT2D eigenvalue weighted by Crippen LogP contribution is 2.24. The summed E-state index contributed by atoms with van der Waals surface area (Å²) in [6, 6.07) is -0.787. The standard InChI is InChI=1S/C9H15NO3S/c1-6(9(12)13)10-8(11)7-4-2-3-5-14-7/h6-7H,2-5H2,1H3,(H,10,11)(H,12,13)/t6-,7?/m0/s1.